The van der Waals surface area contributed by atoms with E-state index in [1.807, 2.05) is 48.5 Å². The summed E-state index contributed by atoms with van der Waals surface area (Å²) in [6.45, 7) is -1.18. The smallest absolute Gasteiger partial charge is 0.325 e. The van der Waals surface area contributed by atoms with Gasteiger partial charge in [-0.1, -0.05) is 90.6 Å². The maximum atomic E-state index is 13.2. The molecule has 4 aromatic rings. The molecule has 0 aliphatic heterocycles. The monoisotopic (exact) mass is 467 g/mol. The molecule has 1 amide bonds. The number of amides is 1. The van der Waals surface area contributed by atoms with E-state index < -0.39 is 12.7 Å². The Hall–Kier alpha value is -3.52. The molecule has 8 heteroatoms. The largest absolute Gasteiger partial charge is 0.406 e. The predicted octanol–water partition coefficient (Wildman–Crippen LogP) is 6.51. The first-order valence-electron chi connectivity index (χ1n) is 10.2. The zero-order chi connectivity index (χ0) is 23.3. The quantitative estimate of drug-likeness (QED) is 0.315. The first-order chi connectivity index (χ1) is 15.9. The molecule has 0 aliphatic rings. The van der Waals surface area contributed by atoms with Gasteiger partial charge in [-0.15, -0.1) is 0 Å². The van der Waals surface area contributed by atoms with Gasteiger partial charge < -0.3 is 9.88 Å². The fraction of sp³-hybridized carbons (Fsp3) is 0.120. The normalized spacial score (nSPS) is 11.4. The summed E-state index contributed by atoms with van der Waals surface area (Å²) in [7, 11) is 0. The Bertz CT molecular complexity index is 1220. The van der Waals surface area contributed by atoms with Gasteiger partial charge in [-0.05, 0) is 17.2 Å². The fourth-order valence-corrected chi connectivity index (χ4v) is 4.20. The maximum absolute atomic E-state index is 13.2. The second-order valence-corrected chi connectivity index (χ2v) is 8.18. The molecular weight excluding hydrogens is 447 g/mol. The number of halogens is 3. The van der Waals surface area contributed by atoms with Crippen LogP contribution in [-0.2, 0) is 11.3 Å². The number of nitrogens with one attached hydrogen (secondary N) is 1. The van der Waals surface area contributed by atoms with Crippen LogP contribution in [-0.4, -0.2) is 27.4 Å². The third-order valence-corrected chi connectivity index (χ3v) is 5.83. The van der Waals surface area contributed by atoms with Crippen LogP contribution < -0.4 is 5.32 Å². The van der Waals surface area contributed by atoms with Gasteiger partial charge in [0, 0.05) is 11.3 Å². The van der Waals surface area contributed by atoms with Gasteiger partial charge in [0.25, 0.3) is 0 Å². The molecule has 4 nitrogen and oxygen atoms in total. The summed E-state index contributed by atoms with van der Waals surface area (Å²) < 4.78 is 40.9. The first-order valence-corrected chi connectivity index (χ1v) is 11.1. The minimum absolute atomic E-state index is 0.0772. The third kappa shape index (κ3) is 5.84. The van der Waals surface area contributed by atoms with Crippen LogP contribution in [0.2, 0.25) is 0 Å². The minimum atomic E-state index is -4.42. The van der Waals surface area contributed by atoms with Crippen LogP contribution in [0.1, 0.15) is 0 Å². The van der Waals surface area contributed by atoms with Crippen LogP contribution in [0.5, 0.6) is 0 Å². The lowest BCUT2D eigenvalue weighted by atomic mass is 10.0. The highest BCUT2D eigenvalue weighted by Crippen LogP contribution is 2.31. The Labute approximate surface area is 193 Å². The van der Waals surface area contributed by atoms with Crippen molar-refractivity contribution in [3.8, 4) is 22.4 Å². The molecule has 3 aromatic carbocycles. The second-order valence-electron chi connectivity index (χ2n) is 7.24. The van der Waals surface area contributed by atoms with Crippen molar-refractivity contribution in [1.29, 1.82) is 0 Å². The van der Waals surface area contributed by atoms with E-state index >= 15 is 0 Å². The number of hydrogen-bond donors (Lipinski definition) is 1. The third-order valence-electron chi connectivity index (χ3n) is 4.84. The van der Waals surface area contributed by atoms with Gasteiger partial charge in [-0.3, -0.25) is 4.79 Å². The number of anilines is 1. The molecular formula is C25H20F3N3OS. The summed E-state index contributed by atoms with van der Waals surface area (Å²) in [5, 5.41) is 3.00. The zero-order valence-electron chi connectivity index (χ0n) is 17.4. The van der Waals surface area contributed by atoms with Gasteiger partial charge in [0.1, 0.15) is 6.54 Å². The average molecular weight is 468 g/mol. The molecule has 1 N–H and O–H groups in total. The molecule has 1 heterocycles. The van der Waals surface area contributed by atoms with Gasteiger partial charge in [0.05, 0.1) is 17.6 Å². The summed E-state index contributed by atoms with van der Waals surface area (Å²) in [5.41, 5.74) is 3.43. The molecule has 1 aromatic heterocycles. The van der Waals surface area contributed by atoms with E-state index in [2.05, 4.69) is 10.3 Å². The summed E-state index contributed by atoms with van der Waals surface area (Å²) in [5.74, 6) is -0.405. The average Bonchev–Trinajstić information content (AvgIpc) is 3.20. The van der Waals surface area contributed by atoms with Crippen LogP contribution in [0.15, 0.2) is 96.3 Å². The Balaban J connectivity index is 1.51. The molecule has 0 saturated heterocycles. The number of imidazole rings is 1. The van der Waals surface area contributed by atoms with Gasteiger partial charge in [-0.2, -0.15) is 13.2 Å². The molecule has 0 fully saturated rings. The number of aromatic nitrogens is 2. The number of hydrogen-bond acceptors (Lipinski definition) is 3. The lowest BCUT2D eigenvalue weighted by Gasteiger charge is -2.14. The van der Waals surface area contributed by atoms with Crippen molar-refractivity contribution < 1.29 is 18.0 Å². The van der Waals surface area contributed by atoms with E-state index in [9.17, 15) is 18.0 Å². The molecule has 0 radical (unpaired) electrons. The van der Waals surface area contributed by atoms with E-state index in [0.29, 0.717) is 16.9 Å². The molecule has 4 rings (SSSR count). The Morgan fingerprint density at radius 2 is 1.48 bits per heavy atom. The first kappa shape index (κ1) is 22.7. The molecule has 0 saturated carbocycles. The highest BCUT2D eigenvalue weighted by Gasteiger charge is 2.31. The van der Waals surface area contributed by atoms with Crippen LogP contribution in [0.3, 0.4) is 0 Å². The number of thioether (sulfide) groups is 1. The zero-order valence-corrected chi connectivity index (χ0v) is 18.2. The number of rotatable bonds is 7. The minimum Gasteiger partial charge on any atom is -0.325 e. The Morgan fingerprint density at radius 3 is 2.15 bits per heavy atom. The van der Waals surface area contributed by atoms with Gasteiger partial charge in [-0.25, -0.2) is 4.98 Å². The van der Waals surface area contributed by atoms with E-state index in [1.165, 1.54) is 6.20 Å². The molecule has 0 atom stereocenters. The number of nitrogens with zero attached hydrogens (tertiary/aromatic N) is 2. The van der Waals surface area contributed by atoms with Crippen molar-refractivity contribution in [3.63, 3.8) is 0 Å². The topological polar surface area (TPSA) is 46.9 Å². The van der Waals surface area contributed by atoms with E-state index in [0.717, 1.165) is 27.5 Å². The van der Waals surface area contributed by atoms with Gasteiger partial charge in [0.15, 0.2) is 5.16 Å². The van der Waals surface area contributed by atoms with Crippen molar-refractivity contribution >= 4 is 23.4 Å². The van der Waals surface area contributed by atoms with Crippen molar-refractivity contribution in [2.45, 2.75) is 17.9 Å². The Kier molecular flexibility index (Phi) is 6.84. The second kappa shape index (κ2) is 9.95. The summed E-state index contributed by atoms with van der Waals surface area (Å²) >= 11 is 0.972. The van der Waals surface area contributed by atoms with Crippen LogP contribution in [0.4, 0.5) is 18.9 Å². The summed E-state index contributed by atoms with van der Waals surface area (Å²) in [6, 6.07) is 25.8. The molecule has 0 aliphatic carbocycles. The summed E-state index contributed by atoms with van der Waals surface area (Å²) in [4.78, 5) is 16.8. The van der Waals surface area contributed by atoms with Crippen molar-refractivity contribution in [1.82, 2.24) is 9.55 Å². The van der Waals surface area contributed by atoms with Crippen molar-refractivity contribution in [3.05, 3.63) is 91.1 Å². The van der Waals surface area contributed by atoms with E-state index in [1.54, 1.807) is 36.4 Å². The highest BCUT2D eigenvalue weighted by molar-refractivity contribution is 7.99. The maximum Gasteiger partial charge on any atom is 0.406 e. The number of carbonyl (C=O) groups is 1. The molecule has 0 unspecified atom stereocenters. The van der Waals surface area contributed by atoms with Crippen molar-refractivity contribution in [2.75, 3.05) is 11.1 Å². The van der Waals surface area contributed by atoms with Gasteiger partial charge >= 0.3 is 6.18 Å². The number of para-hydroxylation sites is 1. The molecule has 168 valence electrons. The van der Waals surface area contributed by atoms with Crippen molar-refractivity contribution in [2.24, 2.45) is 0 Å². The molecule has 0 spiro atoms. The van der Waals surface area contributed by atoms with Gasteiger partial charge in [0.2, 0.25) is 5.91 Å². The number of alkyl halides is 3. The van der Waals surface area contributed by atoms with Crippen LogP contribution >= 0.6 is 11.8 Å². The van der Waals surface area contributed by atoms with E-state index in [-0.39, 0.29) is 16.8 Å². The Morgan fingerprint density at radius 1 is 0.879 bits per heavy atom. The highest BCUT2D eigenvalue weighted by atomic mass is 32.2. The number of benzene rings is 3. The molecule has 33 heavy (non-hydrogen) atoms. The van der Waals surface area contributed by atoms with Crippen LogP contribution in [0, 0.1) is 0 Å². The SMILES string of the molecule is O=C(CSc1ncc(-c2ccccc2)n1CC(F)(F)F)Nc1ccccc1-c1ccccc1. The number of carbonyl (C=O) groups excluding carboxylic acids is 1. The summed E-state index contributed by atoms with van der Waals surface area (Å²) in [6.07, 6.45) is -3.01. The van der Waals surface area contributed by atoms with Crippen LogP contribution in [0.25, 0.3) is 22.4 Å². The lowest BCUT2D eigenvalue weighted by Crippen LogP contribution is -2.20. The lowest BCUT2D eigenvalue weighted by molar-refractivity contribution is -0.141. The fourth-order valence-electron chi connectivity index (χ4n) is 3.42. The standard InChI is InChI=1S/C25H20F3N3OS/c26-25(27,28)17-31-22(19-11-5-2-6-12-19)15-29-24(31)33-16-23(32)30-21-14-8-7-13-20(21)18-9-3-1-4-10-18/h1-15H,16-17H2,(H,30,32). The van der Waals surface area contributed by atoms with E-state index in [4.69, 9.17) is 0 Å². The molecule has 0 bridgehead atoms. The predicted molar refractivity (Wildman–Crippen MR) is 125 cm³/mol.